The van der Waals surface area contributed by atoms with E-state index in [1.165, 1.54) is 64.2 Å². The number of hydrogen-bond donors (Lipinski definition) is 2. The number of amidine groups is 1. The zero-order valence-corrected chi connectivity index (χ0v) is 18.0. The molecule has 1 aliphatic heterocycles. The molecule has 0 saturated carbocycles. The summed E-state index contributed by atoms with van der Waals surface area (Å²) < 4.78 is 0.118. The third kappa shape index (κ3) is 7.53. The zero-order chi connectivity index (χ0) is 20.1. The topological polar surface area (TPSA) is 69.9 Å². The van der Waals surface area contributed by atoms with Crippen molar-refractivity contribution in [1.82, 2.24) is 0 Å². The van der Waals surface area contributed by atoms with Crippen LogP contribution in [0.2, 0.25) is 0 Å². The third-order valence-corrected chi connectivity index (χ3v) is 6.21. The molecular formula is C22H43N2O3+. The van der Waals surface area contributed by atoms with Crippen LogP contribution in [0, 0.1) is 0 Å². The summed E-state index contributed by atoms with van der Waals surface area (Å²) in [5.41, 5.74) is 0. The minimum atomic E-state index is -0.861. The van der Waals surface area contributed by atoms with Crippen LogP contribution in [0.1, 0.15) is 104 Å². The van der Waals surface area contributed by atoms with Gasteiger partial charge in [-0.15, -0.1) is 0 Å². The number of carboxylic acids is 1. The highest BCUT2D eigenvalue weighted by Crippen LogP contribution is 2.27. The lowest BCUT2D eigenvalue weighted by Gasteiger charge is -2.40. The van der Waals surface area contributed by atoms with E-state index in [0.717, 1.165) is 25.1 Å². The van der Waals surface area contributed by atoms with E-state index in [0.29, 0.717) is 13.1 Å². The highest BCUT2D eigenvalue weighted by Gasteiger charge is 2.49. The molecular weight excluding hydrogens is 340 g/mol. The lowest BCUT2D eigenvalue weighted by molar-refractivity contribution is -0.897. The summed E-state index contributed by atoms with van der Waals surface area (Å²) in [4.78, 5) is 16.1. The van der Waals surface area contributed by atoms with Gasteiger partial charge in [0.15, 0.2) is 12.3 Å². The van der Waals surface area contributed by atoms with Crippen LogP contribution in [0.15, 0.2) is 4.99 Å². The van der Waals surface area contributed by atoms with Gasteiger partial charge in [0.05, 0.1) is 6.54 Å². The number of aliphatic hydroxyl groups excluding tert-OH is 1. The summed E-state index contributed by atoms with van der Waals surface area (Å²) in [6, 6.07) is -0.649. The lowest BCUT2D eigenvalue weighted by atomic mass is 10.0. The van der Waals surface area contributed by atoms with Crippen molar-refractivity contribution in [1.29, 1.82) is 0 Å². The molecule has 0 bridgehead atoms. The average Bonchev–Trinajstić information content (AvgIpc) is 3.06. The van der Waals surface area contributed by atoms with E-state index in [-0.39, 0.29) is 4.48 Å². The maximum Gasteiger partial charge on any atom is 0.362 e. The van der Waals surface area contributed by atoms with E-state index in [1.54, 1.807) is 13.8 Å². The summed E-state index contributed by atoms with van der Waals surface area (Å²) in [7, 11) is 0. The summed E-state index contributed by atoms with van der Waals surface area (Å²) in [5, 5.41) is 19.8. The first kappa shape index (κ1) is 24.1. The molecule has 0 saturated heterocycles. The van der Waals surface area contributed by atoms with Crippen LogP contribution >= 0.6 is 0 Å². The molecule has 0 amide bonds. The molecule has 1 heterocycles. The molecule has 0 aromatic carbocycles. The van der Waals surface area contributed by atoms with Crippen LogP contribution in [0.5, 0.6) is 0 Å². The van der Waals surface area contributed by atoms with Gasteiger partial charge in [-0.3, -0.25) is 0 Å². The van der Waals surface area contributed by atoms with Crippen LogP contribution in [-0.4, -0.2) is 51.9 Å². The predicted octanol–water partition coefficient (Wildman–Crippen LogP) is 5.12. The Morgan fingerprint density at radius 3 is 1.89 bits per heavy atom. The number of rotatable bonds is 16. The average molecular weight is 384 g/mol. The van der Waals surface area contributed by atoms with E-state index >= 15 is 0 Å². The van der Waals surface area contributed by atoms with Crippen molar-refractivity contribution in [3.63, 3.8) is 0 Å². The number of aliphatic hydroxyl groups is 1. The van der Waals surface area contributed by atoms with E-state index in [1.807, 2.05) is 0 Å². The van der Waals surface area contributed by atoms with Crippen LogP contribution in [0.4, 0.5) is 0 Å². The van der Waals surface area contributed by atoms with Crippen molar-refractivity contribution in [3.05, 3.63) is 0 Å². The third-order valence-electron chi connectivity index (χ3n) is 6.21. The van der Waals surface area contributed by atoms with Gasteiger partial charge in [-0.2, -0.15) is 0 Å². The standard InChI is InChI=1S/C22H42N2O3/c1-4-5-6-7-8-9-10-11-12-13-14-15-16-21-23-17-18-24(21,20(3)25)19(2)22(26)27/h19-20,25H,4-18H2,1-3H3/p+1. The van der Waals surface area contributed by atoms with Gasteiger partial charge in [0.2, 0.25) is 5.84 Å². The monoisotopic (exact) mass is 383 g/mol. The van der Waals surface area contributed by atoms with Gasteiger partial charge in [0, 0.05) is 13.3 Å². The van der Waals surface area contributed by atoms with E-state index in [4.69, 9.17) is 0 Å². The van der Waals surface area contributed by atoms with Crippen molar-refractivity contribution in [3.8, 4) is 0 Å². The molecule has 1 aliphatic rings. The van der Waals surface area contributed by atoms with Crippen LogP contribution in [0.3, 0.4) is 0 Å². The maximum atomic E-state index is 11.5. The first-order chi connectivity index (χ1) is 13.0. The highest BCUT2D eigenvalue weighted by atomic mass is 16.4. The first-order valence-electron chi connectivity index (χ1n) is 11.3. The second kappa shape index (κ2) is 13.3. The molecule has 2 N–H and O–H groups in total. The quantitative estimate of drug-likeness (QED) is 0.287. The Labute approximate surface area is 166 Å². The molecule has 5 nitrogen and oxygen atoms in total. The molecule has 0 aromatic rings. The molecule has 3 atom stereocenters. The molecule has 0 aromatic heterocycles. The number of nitrogens with zero attached hydrogens (tertiary/aromatic N) is 2. The molecule has 0 radical (unpaired) electrons. The Morgan fingerprint density at radius 2 is 1.44 bits per heavy atom. The Hall–Kier alpha value is -0.940. The molecule has 5 heteroatoms. The van der Waals surface area contributed by atoms with Gasteiger partial charge in [0.25, 0.3) is 0 Å². The van der Waals surface area contributed by atoms with E-state index in [2.05, 4.69) is 11.9 Å². The lowest BCUT2D eigenvalue weighted by Crippen LogP contribution is -2.64. The number of hydrogen-bond acceptors (Lipinski definition) is 3. The predicted molar refractivity (Wildman–Crippen MR) is 112 cm³/mol. The van der Waals surface area contributed by atoms with Gasteiger partial charge in [-0.1, -0.05) is 77.6 Å². The van der Waals surface area contributed by atoms with E-state index in [9.17, 15) is 15.0 Å². The minimum absolute atomic E-state index is 0.118. The normalized spacial score (nSPS) is 21.9. The number of quaternary nitrogens is 1. The maximum absolute atomic E-state index is 11.5. The van der Waals surface area contributed by atoms with Crippen LogP contribution in [-0.2, 0) is 4.79 Å². The number of aliphatic imine (C=N–C) groups is 1. The minimum Gasteiger partial charge on any atom is -0.477 e. The second-order valence-corrected chi connectivity index (χ2v) is 8.24. The Kier molecular flexibility index (Phi) is 11.8. The van der Waals surface area contributed by atoms with Gasteiger partial charge in [-0.25, -0.2) is 14.3 Å². The molecule has 27 heavy (non-hydrogen) atoms. The van der Waals surface area contributed by atoms with Crippen molar-refractivity contribution in [2.75, 3.05) is 13.1 Å². The van der Waals surface area contributed by atoms with Gasteiger partial charge < -0.3 is 10.2 Å². The Morgan fingerprint density at radius 1 is 0.963 bits per heavy atom. The second-order valence-electron chi connectivity index (χ2n) is 8.24. The van der Waals surface area contributed by atoms with E-state index < -0.39 is 18.2 Å². The number of aliphatic carboxylic acids is 1. The van der Waals surface area contributed by atoms with Gasteiger partial charge in [-0.05, 0) is 13.3 Å². The molecule has 0 aliphatic carbocycles. The van der Waals surface area contributed by atoms with Crippen molar-refractivity contribution >= 4 is 11.8 Å². The number of unbranched alkanes of at least 4 members (excludes halogenated alkanes) is 11. The zero-order valence-electron chi connectivity index (χ0n) is 18.0. The molecule has 158 valence electrons. The fourth-order valence-corrected chi connectivity index (χ4v) is 4.36. The van der Waals surface area contributed by atoms with Crippen molar-refractivity contribution in [2.45, 2.75) is 117 Å². The summed E-state index contributed by atoms with van der Waals surface area (Å²) in [5.74, 6) is 0.0205. The summed E-state index contributed by atoms with van der Waals surface area (Å²) in [6.07, 6.45) is 15.8. The van der Waals surface area contributed by atoms with Crippen molar-refractivity contribution < 1.29 is 19.5 Å². The fourth-order valence-electron chi connectivity index (χ4n) is 4.36. The number of carboxylic acid groups (broad SMARTS) is 1. The summed E-state index contributed by atoms with van der Waals surface area (Å²) in [6.45, 7) is 6.87. The largest absolute Gasteiger partial charge is 0.477 e. The Bertz CT molecular complexity index is 451. The first-order valence-corrected chi connectivity index (χ1v) is 11.3. The summed E-state index contributed by atoms with van der Waals surface area (Å²) >= 11 is 0. The molecule has 0 spiro atoms. The Balaban J connectivity index is 2.19. The van der Waals surface area contributed by atoms with Gasteiger partial charge in [0.1, 0.15) is 6.54 Å². The SMILES string of the molecule is CCCCCCCCCCCCCCC1=NCC[N+]1(C(C)O)C(C)C(=O)O. The highest BCUT2D eigenvalue weighted by molar-refractivity contribution is 5.81. The molecule has 1 rings (SSSR count). The van der Waals surface area contributed by atoms with Crippen molar-refractivity contribution in [2.24, 2.45) is 4.99 Å². The fraction of sp³-hybridized carbons (Fsp3) is 0.909. The smallest absolute Gasteiger partial charge is 0.362 e. The number of carbonyl (C=O) groups is 1. The van der Waals surface area contributed by atoms with Crippen LogP contribution in [0.25, 0.3) is 0 Å². The van der Waals surface area contributed by atoms with Gasteiger partial charge >= 0.3 is 5.97 Å². The molecule has 0 fully saturated rings. The molecule has 3 unspecified atom stereocenters. The van der Waals surface area contributed by atoms with Crippen LogP contribution < -0.4 is 0 Å².